The Kier molecular flexibility index (Phi) is 4.54. The summed E-state index contributed by atoms with van der Waals surface area (Å²) in [4.78, 5) is 0.147. The first-order valence-electron chi connectivity index (χ1n) is 6.48. The van der Waals surface area contributed by atoms with Gasteiger partial charge in [-0.3, -0.25) is 0 Å². The molecule has 0 radical (unpaired) electrons. The van der Waals surface area contributed by atoms with Crippen molar-refractivity contribution in [3.63, 3.8) is 0 Å². The SMILES string of the molecule is Cc1cc(F)ccc1S(=O)(=O)NCC[C@@H]1CCCN1. The second-order valence-corrected chi connectivity index (χ2v) is 6.62. The van der Waals surface area contributed by atoms with Gasteiger partial charge in [0.2, 0.25) is 10.0 Å². The van der Waals surface area contributed by atoms with Crippen LogP contribution in [0.4, 0.5) is 4.39 Å². The topological polar surface area (TPSA) is 58.2 Å². The second-order valence-electron chi connectivity index (χ2n) is 4.89. The molecule has 1 aliphatic heterocycles. The van der Waals surface area contributed by atoms with Crippen LogP contribution in [0.5, 0.6) is 0 Å². The van der Waals surface area contributed by atoms with Crippen LogP contribution in [0.25, 0.3) is 0 Å². The monoisotopic (exact) mass is 286 g/mol. The molecular weight excluding hydrogens is 267 g/mol. The number of rotatable bonds is 5. The fourth-order valence-electron chi connectivity index (χ4n) is 2.36. The van der Waals surface area contributed by atoms with Crippen molar-refractivity contribution in [1.82, 2.24) is 10.0 Å². The zero-order valence-electron chi connectivity index (χ0n) is 10.9. The molecule has 4 nitrogen and oxygen atoms in total. The van der Waals surface area contributed by atoms with E-state index in [9.17, 15) is 12.8 Å². The molecular formula is C13H19FN2O2S. The Morgan fingerprint density at radius 1 is 1.47 bits per heavy atom. The van der Waals surface area contributed by atoms with Gasteiger partial charge in [0.25, 0.3) is 0 Å². The van der Waals surface area contributed by atoms with Crippen molar-refractivity contribution in [2.24, 2.45) is 0 Å². The lowest BCUT2D eigenvalue weighted by atomic mass is 10.2. The molecule has 19 heavy (non-hydrogen) atoms. The fourth-order valence-corrected chi connectivity index (χ4v) is 3.63. The van der Waals surface area contributed by atoms with Gasteiger partial charge in [-0.15, -0.1) is 0 Å². The van der Waals surface area contributed by atoms with Crippen molar-refractivity contribution in [2.45, 2.75) is 37.1 Å². The minimum atomic E-state index is -3.54. The highest BCUT2D eigenvalue weighted by atomic mass is 32.2. The summed E-state index contributed by atoms with van der Waals surface area (Å²) in [6.45, 7) is 3.00. The molecule has 2 rings (SSSR count). The maximum Gasteiger partial charge on any atom is 0.240 e. The first kappa shape index (κ1) is 14.4. The molecule has 0 aliphatic carbocycles. The van der Waals surface area contributed by atoms with Crippen molar-refractivity contribution in [2.75, 3.05) is 13.1 Å². The van der Waals surface area contributed by atoms with Gasteiger partial charge in [0.05, 0.1) is 4.90 Å². The predicted octanol–water partition coefficient (Wildman–Crippen LogP) is 1.55. The number of halogens is 1. The molecule has 0 unspecified atom stereocenters. The molecule has 1 aliphatic rings. The Hall–Kier alpha value is -0.980. The van der Waals surface area contributed by atoms with Crippen LogP contribution in [0.15, 0.2) is 23.1 Å². The van der Waals surface area contributed by atoms with Crippen LogP contribution in [-0.4, -0.2) is 27.5 Å². The van der Waals surface area contributed by atoms with Crippen LogP contribution < -0.4 is 10.0 Å². The molecule has 0 saturated carbocycles. The smallest absolute Gasteiger partial charge is 0.240 e. The zero-order valence-corrected chi connectivity index (χ0v) is 11.8. The van der Waals surface area contributed by atoms with Crippen molar-refractivity contribution in [3.8, 4) is 0 Å². The summed E-state index contributed by atoms with van der Waals surface area (Å²) in [5.74, 6) is -0.424. The normalized spacial score (nSPS) is 19.8. The molecule has 0 spiro atoms. The van der Waals surface area contributed by atoms with E-state index < -0.39 is 15.8 Å². The zero-order chi connectivity index (χ0) is 13.9. The largest absolute Gasteiger partial charge is 0.314 e. The minimum Gasteiger partial charge on any atom is -0.314 e. The van der Waals surface area contributed by atoms with Crippen molar-refractivity contribution in [1.29, 1.82) is 0 Å². The maximum absolute atomic E-state index is 13.0. The second kappa shape index (κ2) is 5.98. The van der Waals surface area contributed by atoms with Crippen LogP contribution in [0.2, 0.25) is 0 Å². The third-order valence-corrected chi connectivity index (χ3v) is 5.00. The Labute approximate surface area is 113 Å². The van der Waals surface area contributed by atoms with E-state index in [0.29, 0.717) is 18.2 Å². The summed E-state index contributed by atoms with van der Waals surface area (Å²) in [5, 5.41) is 3.32. The Morgan fingerprint density at radius 3 is 2.89 bits per heavy atom. The van der Waals surface area contributed by atoms with Crippen molar-refractivity contribution < 1.29 is 12.8 Å². The third kappa shape index (κ3) is 3.75. The van der Waals surface area contributed by atoms with E-state index in [1.165, 1.54) is 18.2 Å². The summed E-state index contributed by atoms with van der Waals surface area (Å²) in [6.07, 6.45) is 3.02. The summed E-state index contributed by atoms with van der Waals surface area (Å²) < 4.78 is 39.7. The van der Waals surface area contributed by atoms with Crippen LogP contribution >= 0.6 is 0 Å². The molecule has 106 valence electrons. The van der Waals surface area contributed by atoms with Crippen LogP contribution in [-0.2, 0) is 10.0 Å². The van der Waals surface area contributed by atoms with Gasteiger partial charge in [0.1, 0.15) is 5.82 Å². The number of hydrogen-bond acceptors (Lipinski definition) is 3. The van der Waals surface area contributed by atoms with Crippen molar-refractivity contribution in [3.05, 3.63) is 29.6 Å². The molecule has 0 bridgehead atoms. The van der Waals surface area contributed by atoms with Gasteiger partial charge in [-0.2, -0.15) is 0 Å². The summed E-state index contributed by atoms with van der Waals surface area (Å²) >= 11 is 0. The lowest BCUT2D eigenvalue weighted by Gasteiger charge is -2.12. The molecule has 2 N–H and O–H groups in total. The highest BCUT2D eigenvalue weighted by molar-refractivity contribution is 7.89. The van der Waals surface area contributed by atoms with Gasteiger partial charge in [-0.05, 0) is 56.5 Å². The maximum atomic E-state index is 13.0. The third-order valence-electron chi connectivity index (χ3n) is 3.37. The molecule has 1 atom stereocenters. The van der Waals surface area contributed by atoms with Gasteiger partial charge < -0.3 is 5.32 Å². The lowest BCUT2D eigenvalue weighted by Crippen LogP contribution is -2.31. The van der Waals surface area contributed by atoms with Gasteiger partial charge in [0, 0.05) is 12.6 Å². The lowest BCUT2D eigenvalue weighted by molar-refractivity contribution is 0.539. The van der Waals surface area contributed by atoms with E-state index in [4.69, 9.17) is 0 Å². The summed E-state index contributed by atoms with van der Waals surface area (Å²) in [7, 11) is -3.54. The Morgan fingerprint density at radius 2 is 2.26 bits per heavy atom. The van der Waals surface area contributed by atoms with E-state index in [-0.39, 0.29) is 4.90 Å². The first-order valence-corrected chi connectivity index (χ1v) is 7.96. The quantitative estimate of drug-likeness (QED) is 0.863. The predicted molar refractivity (Wildman–Crippen MR) is 72.0 cm³/mol. The first-order chi connectivity index (χ1) is 8.99. The van der Waals surface area contributed by atoms with E-state index in [1.54, 1.807) is 6.92 Å². The number of aryl methyl sites for hydroxylation is 1. The molecule has 1 aromatic carbocycles. The minimum absolute atomic E-state index is 0.147. The van der Waals surface area contributed by atoms with Crippen LogP contribution in [0.1, 0.15) is 24.8 Å². The standard InChI is InChI=1S/C13H19FN2O2S/c1-10-9-11(14)4-5-13(10)19(17,18)16-8-6-12-3-2-7-15-12/h4-5,9,12,15-16H,2-3,6-8H2,1H3/t12-/m0/s1. The van der Waals surface area contributed by atoms with Gasteiger partial charge >= 0.3 is 0 Å². The summed E-state index contributed by atoms with van der Waals surface area (Å²) in [6, 6.07) is 4.10. The average molecular weight is 286 g/mol. The Balaban J connectivity index is 1.97. The molecule has 0 amide bonds. The number of benzene rings is 1. The molecule has 6 heteroatoms. The van der Waals surface area contributed by atoms with E-state index in [0.717, 1.165) is 25.8 Å². The number of hydrogen-bond donors (Lipinski definition) is 2. The average Bonchev–Trinajstić information content (AvgIpc) is 2.81. The van der Waals surface area contributed by atoms with E-state index in [2.05, 4.69) is 10.0 Å². The number of sulfonamides is 1. The Bertz CT molecular complexity index is 540. The highest BCUT2D eigenvalue weighted by Crippen LogP contribution is 2.16. The van der Waals surface area contributed by atoms with Crippen LogP contribution in [0, 0.1) is 12.7 Å². The van der Waals surface area contributed by atoms with Gasteiger partial charge in [0.15, 0.2) is 0 Å². The van der Waals surface area contributed by atoms with Crippen molar-refractivity contribution >= 4 is 10.0 Å². The molecule has 1 saturated heterocycles. The molecule has 1 heterocycles. The van der Waals surface area contributed by atoms with Gasteiger partial charge in [-0.25, -0.2) is 17.5 Å². The molecule has 1 aromatic rings. The van der Waals surface area contributed by atoms with E-state index in [1.807, 2.05) is 0 Å². The molecule has 1 fully saturated rings. The number of nitrogens with one attached hydrogen (secondary N) is 2. The fraction of sp³-hybridized carbons (Fsp3) is 0.538. The van der Waals surface area contributed by atoms with Crippen LogP contribution in [0.3, 0.4) is 0 Å². The molecule has 0 aromatic heterocycles. The van der Waals surface area contributed by atoms with E-state index >= 15 is 0 Å². The summed E-state index contributed by atoms with van der Waals surface area (Å²) in [5.41, 5.74) is 0.423. The van der Waals surface area contributed by atoms with Gasteiger partial charge in [-0.1, -0.05) is 0 Å². The highest BCUT2D eigenvalue weighted by Gasteiger charge is 2.18.